The highest BCUT2D eigenvalue weighted by Gasteiger charge is 2.25. The first-order valence-corrected chi connectivity index (χ1v) is 10.1. The minimum absolute atomic E-state index is 0.171. The summed E-state index contributed by atoms with van der Waals surface area (Å²) in [6.45, 7) is 4.54. The van der Waals surface area contributed by atoms with Gasteiger partial charge in [0.15, 0.2) is 0 Å². The van der Waals surface area contributed by atoms with Crippen LogP contribution in [0, 0.1) is 6.92 Å². The Balaban J connectivity index is 1.96. The molecule has 0 radical (unpaired) electrons. The van der Waals surface area contributed by atoms with E-state index in [4.69, 9.17) is 0 Å². The molecule has 29 heavy (non-hydrogen) atoms. The van der Waals surface area contributed by atoms with E-state index in [1.165, 1.54) is 6.42 Å². The SMILES string of the molecule is CNC(=O)c1c(C)n(-c2ccc(O)cc2)c2ccc(O)c(CN3CCCCC3)c12. The molecule has 6 nitrogen and oxygen atoms in total. The highest BCUT2D eigenvalue weighted by molar-refractivity contribution is 6.10. The number of phenolic OH excluding ortho intramolecular Hbond substituents is 2. The highest BCUT2D eigenvalue weighted by atomic mass is 16.3. The average molecular weight is 393 g/mol. The summed E-state index contributed by atoms with van der Waals surface area (Å²) in [4.78, 5) is 15.2. The maximum Gasteiger partial charge on any atom is 0.253 e. The molecule has 152 valence electrons. The maximum absolute atomic E-state index is 12.8. The van der Waals surface area contributed by atoms with Gasteiger partial charge < -0.3 is 20.1 Å². The van der Waals surface area contributed by atoms with Crippen LogP contribution in [0.2, 0.25) is 0 Å². The lowest BCUT2D eigenvalue weighted by molar-refractivity contribution is 0.0964. The lowest BCUT2D eigenvalue weighted by Crippen LogP contribution is -2.29. The molecule has 3 aromatic rings. The second-order valence-corrected chi connectivity index (χ2v) is 7.69. The summed E-state index contributed by atoms with van der Waals surface area (Å²) in [7, 11) is 1.62. The number of aromatic nitrogens is 1. The summed E-state index contributed by atoms with van der Waals surface area (Å²) in [5.74, 6) is 0.240. The Kier molecular flexibility index (Phi) is 5.20. The molecule has 1 fully saturated rings. The third-order valence-corrected chi connectivity index (χ3v) is 5.85. The van der Waals surface area contributed by atoms with Crippen molar-refractivity contribution in [3.05, 3.63) is 53.2 Å². The fourth-order valence-electron chi connectivity index (χ4n) is 4.40. The average Bonchev–Trinajstić information content (AvgIpc) is 3.03. The van der Waals surface area contributed by atoms with Crippen molar-refractivity contribution in [2.24, 2.45) is 0 Å². The van der Waals surface area contributed by atoms with E-state index in [1.54, 1.807) is 25.2 Å². The van der Waals surface area contributed by atoms with E-state index in [9.17, 15) is 15.0 Å². The van der Waals surface area contributed by atoms with Gasteiger partial charge in [0, 0.05) is 35.9 Å². The Morgan fingerprint density at radius 3 is 2.38 bits per heavy atom. The van der Waals surface area contributed by atoms with Gasteiger partial charge in [0.2, 0.25) is 0 Å². The smallest absolute Gasteiger partial charge is 0.253 e. The van der Waals surface area contributed by atoms with Crippen LogP contribution in [0.3, 0.4) is 0 Å². The molecular formula is C23H27N3O3. The summed E-state index contributed by atoms with van der Waals surface area (Å²) in [5, 5.41) is 23.9. The Labute approximate surface area is 170 Å². The molecule has 2 aromatic carbocycles. The summed E-state index contributed by atoms with van der Waals surface area (Å²) >= 11 is 0. The highest BCUT2D eigenvalue weighted by Crippen LogP contribution is 2.37. The predicted molar refractivity (Wildman–Crippen MR) is 114 cm³/mol. The number of hydrogen-bond acceptors (Lipinski definition) is 4. The quantitative estimate of drug-likeness (QED) is 0.632. The number of aromatic hydroxyl groups is 2. The van der Waals surface area contributed by atoms with Crippen LogP contribution in [0.4, 0.5) is 0 Å². The molecule has 0 spiro atoms. The van der Waals surface area contributed by atoms with Gasteiger partial charge in [0.25, 0.3) is 5.91 Å². The van der Waals surface area contributed by atoms with Crippen LogP contribution in [0.5, 0.6) is 11.5 Å². The van der Waals surface area contributed by atoms with Gasteiger partial charge in [-0.05, 0) is 69.3 Å². The van der Waals surface area contributed by atoms with E-state index in [0.717, 1.165) is 53.8 Å². The molecule has 0 saturated carbocycles. The van der Waals surface area contributed by atoms with E-state index < -0.39 is 0 Å². The second kappa shape index (κ2) is 7.79. The fraction of sp³-hybridized carbons (Fsp3) is 0.348. The van der Waals surface area contributed by atoms with E-state index >= 15 is 0 Å². The first-order valence-electron chi connectivity index (χ1n) is 10.1. The molecular weight excluding hydrogens is 366 g/mol. The zero-order valence-electron chi connectivity index (χ0n) is 16.9. The molecule has 1 saturated heterocycles. The third kappa shape index (κ3) is 3.44. The first kappa shape index (κ1) is 19.3. The van der Waals surface area contributed by atoms with E-state index in [1.807, 2.05) is 29.7 Å². The van der Waals surface area contributed by atoms with Crippen molar-refractivity contribution < 1.29 is 15.0 Å². The molecule has 4 rings (SSSR count). The third-order valence-electron chi connectivity index (χ3n) is 5.85. The zero-order chi connectivity index (χ0) is 20.5. The van der Waals surface area contributed by atoms with Crippen LogP contribution >= 0.6 is 0 Å². The Morgan fingerprint density at radius 2 is 1.72 bits per heavy atom. The van der Waals surface area contributed by atoms with Gasteiger partial charge in [0.05, 0.1) is 11.1 Å². The zero-order valence-corrected chi connectivity index (χ0v) is 16.9. The van der Waals surface area contributed by atoms with Gasteiger partial charge >= 0.3 is 0 Å². The summed E-state index contributed by atoms with van der Waals surface area (Å²) in [5.41, 5.74) is 3.91. The van der Waals surface area contributed by atoms with Gasteiger partial charge in [0.1, 0.15) is 11.5 Å². The molecule has 3 N–H and O–H groups in total. The van der Waals surface area contributed by atoms with Crippen molar-refractivity contribution in [1.82, 2.24) is 14.8 Å². The number of nitrogens with one attached hydrogen (secondary N) is 1. The van der Waals surface area contributed by atoms with Crippen LogP contribution in [-0.4, -0.2) is 45.7 Å². The van der Waals surface area contributed by atoms with Gasteiger partial charge in [-0.1, -0.05) is 6.42 Å². The standard InChI is InChI=1S/C23H27N3O3/c1-15-21(23(29)24-2)22-18(14-25-12-4-3-5-13-25)20(28)11-10-19(22)26(15)16-6-8-17(27)9-7-16/h6-11,27-28H,3-5,12-14H2,1-2H3,(H,24,29). The summed E-state index contributed by atoms with van der Waals surface area (Å²) in [6, 6.07) is 10.5. The monoisotopic (exact) mass is 393 g/mol. The van der Waals surface area contributed by atoms with Gasteiger partial charge in [-0.2, -0.15) is 0 Å². The van der Waals surface area contributed by atoms with E-state index in [2.05, 4.69) is 10.2 Å². The van der Waals surface area contributed by atoms with Crippen molar-refractivity contribution in [1.29, 1.82) is 0 Å². The largest absolute Gasteiger partial charge is 0.508 e. The minimum atomic E-state index is -0.171. The van der Waals surface area contributed by atoms with Crippen LogP contribution in [0.25, 0.3) is 16.6 Å². The first-order chi connectivity index (χ1) is 14.0. The molecule has 0 atom stereocenters. The Bertz CT molecular complexity index is 1050. The number of benzene rings is 2. The number of hydrogen-bond donors (Lipinski definition) is 3. The van der Waals surface area contributed by atoms with Crippen LogP contribution < -0.4 is 5.32 Å². The van der Waals surface area contributed by atoms with Gasteiger partial charge in [-0.3, -0.25) is 9.69 Å². The Hall–Kier alpha value is -2.99. The molecule has 0 bridgehead atoms. The number of fused-ring (bicyclic) bond motifs is 1. The molecule has 2 heterocycles. The maximum atomic E-state index is 12.8. The summed E-state index contributed by atoms with van der Waals surface area (Å²) < 4.78 is 2.01. The molecule has 0 unspecified atom stereocenters. The number of likely N-dealkylation sites (tertiary alicyclic amines) is 1. The number of amides is 1. The summed E-state index contributed by atoms with van der Waals surface area (Å²) in [6.07, 6.45) is 3.56. The minimum Gasteiger partial charge on any atom is -0.508 e. The lowest BCUT2D eigenvalue weighted by atomic mass is 10.0. The van der Waals surface area contributed by atoms with Crippen LogP contribution in [0.1, 0.15) is 40.9 Å². The van der Waals surface area contributed by atoms with Crippen molar-refractivity contribution in [3.63, 3.8) is 0 Å². The van der Waals surface area contributed by atoms with Crippen molar-refractivity contribution >= 4 is 16.8 Å². The molecule has 1 aliphatic heterocycles. The second-order valence-electron chi connectivity index (χ2n) is 7.69. The van der Waals surface area contributed by atoms with Gasteiger partial charge in [-0.15, -0.1) is 0 Å². The number of carbonyl (C=O) groups excluding carboxylic acids is 1. The predicted octanol–water partition coefficient (Wildman–Crippen LogP) is 3.70. The molecule has 6 heteroatoms. The number of phenols is 2. The Morgan fingerprint density at radius 1 is 1.03 bits per heavy atom. The molecule has 1 aliphatic rings. The normalized spacial score (nSPS) is 15.0. The molecule has 0 aliphatic carbocycles. The molecule has 1 amide bonds. The van der Waals surface area contributed by atoms with Gasteiger partial charge in [-0.25, -0.2) is 0 Å². The number of nitrogens with zero attached hydrogens (tertiary/aromatic N) is 2. The lowest BCUT2D eigenvalue weighted by Gasteiger charge is -2.27. The van der Waals surface area contributed by atoms with Crippen molar-refractivity contribution in [2.75, 3.05) is 20.1 Å². The fourth-order valence-corrected chi connectivity index (χ4v) is 4.40. The number of piperidine rings is 1. The topological polar surface area (TPSA) is 77.7 Å². The van der Waals surface area contributed by atoms with Crippen LogP contribution in [0.15, 0.2) is 36.4 Å². The van der Waals surface area contributed by atoms with E-state index in [-0.39, 0.29) is 17.4 Å². The van der Waals surface area contributed by atoms with Crippen LogP contribution in [-0.2, 0) is 6.54 Å². The molecule has 1 aromatic heterocycles. The van der Waals surface area contributed by atoms with Crippen molar-refractivity contribution in [2.45, 2.75) is 32.7 Å². The van der Waals surface area contributed by atoms with E-state index in [0.29, 0.717) is 12.1 Å². The number of carbonyl (C=O) groups is 1. The number of rotatable bonds is 4. The van der Waals surface area contributed by atoms with Crippen molar-refractivity contribution in [3.8, 4) is 17.2 Å².